The van der Waals surface area contributed by atoms with Crippen LogP contribution in [-0.4, -0.2) is 47.2 Å². The van der Waals surface area contributed by atoms with Gasteiger partial charge in [-0.05, 0) is 20.8 Å². The minimum Gasteiger partial charge on any atom is -0.389 e. The monoisotopic (exact) mass is 255 g/mol. The smallest absolute Gasteiger partial charge is 0.254 e. The Balaban J connectivity index is 2.62. The van der Waals surface area contributed by atoms with Crippen LogP contribution in [0.4, 0.5) is 0 Å². The molecule has 6 heteroatoms. The normalized spacial score (nSPS) is 12.8. The SMILES string of the molecule is COCC(O)CNC(=O)c1cnn(C(C)C)c1C. The van der Waals surface area contributed by atoms with Gasteiger partial charge in [-0.25, -0.2) is 0 Å². The maximum absolute atomic E-state index is 11.9. The molecule has 2 N–H and O–H groups in total. The van der Waals surface area contributed by atoms with Crippen LogP contribution in [0.15, 0.2) is 6.20 Å². The van der Waals surface area contributed by atoms with Gasteiger partial charge in [-0.2, -0.15) is 5.10 Å². The summed E-state index contributed by atoms with van der Waals surface area (Å²) in [5.74, 6) is -0.227. The van der Waals surface area contributed by atoms with E-state index in [9.17, 15) is 9.90 Å². The Morgan fingerprint density at radius 3 is 2.78 bits per heavy atom. The zero-order valence-electron chi connectivity index (χ0n) is 11.3. The lowest BCUT2D eigenvalue weighted by Gasteiger charge is -2.11. The molecular formula is C12H21N3O3. The van der Waals surface area contributed by atoms with Gasteiger partial charge in [0, 0.05) is 25.4 Å². The van der Waals surface area contributed by atoms with Crippen molar-refractivity contribution in [2.24, 2.45) is 0 Å². The lowest BCUT2D eigenvalue weighted by atomic mass is 10.2. The summed E-state index contributed by atoms with van der Waals surface area (Å²) in [5.41, 5.74) is 1.36. The molecule has 1 heterocycles. The van der Waals surface area contributed by atoms with E-state index in [-0.39, 0.29) is 25.1 Å². The third-order valence-electron chi connectivity index (χ3n) is 2.64. The van der Waals surface area contributed by atoms with E-state index in [4.69, 9.17) is 4.74 Å². The fourth-order valence-corrected chi connectivity index (χ4v) is 1.72. The number of aliphatic hydroxyl groups excluding tert-OH is 1. The number of nitrogens with zero attached hydrogens (tertiary/aromatic N) is 2. The van der Waals surface area contributed by atoms with Crippen LogP contribution in [0.2, 0.25) is 0 Å². The van der Waals surface area contributed by atoms with E-state index in [1.807, 2.05) is 20.8 Å². The molecular weight excluding hydrogens is 234 g/mol. The number of hydrogen-bond acceptors (Lipinski definition) is 4. The second-order valence-electron chi connectivity index (χ2n) is 4.50. The Bertz CT molecular complexity index is 401. The maximum atomic E-state index is 11.9. The summed E-state index contributed by atoms with van der Waals surface area (Å²) in [6, 6.07) is 0.214. The number of ether oxygens (including phenoxy) is 1. The maximum Gasteiger partial charge on any atom is 0.254 e. The molecule has 1 rings (SSSR count). The predicted octanol–water partition coefficient (Wildman–Crippen LogP) is 0.510. The number of methoxy groups -OCH3 is 1. The van der Waals surface area contributed by atoms with Crippen LogP contribution in [0, 0.1) is 6.92 Å². The lowest BCUT2D eigenvalue weighted by molar-refractivity contribution is 0.0609. The fraction of sp³-hybridized carbons (Fsp3) is 0.667. The van der Waals surface area contributed by atoms with Gasteiger partial charge in [0.25, 0.3) is 5.91 Å². The number of nitrogens with one attached hydrogen (secondary N) is 1. The first-order valence-electron chi connectivity index (χ1n) is 5.96. The molecule has 0 saturated carbocycles. The van der Waals surface area contributed by atoms with Gasteiger partial charge < -0.3 is 15.2 Å². The van der Waals surface area contributed by atoms with Crippen LogP contribution in [0.25, 0.3) is 0 Å². The molecule has 0 fully saturated rings. The number of carbonyl (C=O) groups is 1. The fourth-order valence-electron chi connectivity index (χ4n) is 1.72. The van der Waals surface area contributed by atoms with Gasteiger partial charge >= 0.3 is 0 Å². The van der Waals surface area contributed by atoms with E-state index >= 15 is 0 Å². The highest BCUT2D eigenvalue weighted by atomic mass is 16.5. The van der Waals surface area contributed by atoms with Gasteiger partial charge in [0.1, 0.15) is 0 Å². The second kappa shape index (κ2) is 6.51. The van der Waals surface area contributed by atoms with Crippen LogP contribution in [0.1, 0.15) is 35.9 Å². The Morgan fingerprint density at radius 2 is 2.28 bits per heavy atom. The molecule has 0 aliphatic heterocycles. The van der Waals surface area contributed by atoms with Crippen molar-refractivity contribution in [3.8, 4) is 0 Å². The van der Waals surface area contributed by atoms with Crippen LogP contribution in [-0.2, 0) is 4.74 Å². The van der Waals surface area contributed by atoms with Crippen molar-refractivity contribution < 1.29 is 14.6 Å². The van der Waals surface area contributed by atoms with E-state index in [0.717, 1.165) is 5.69 Å². The summed E-state index contributed by atoms with van der Waals surface area (Å²) in [6.45, 7) is 6.23. The van der Waals surface area contributed by atoms with Crippen molar-refractivity contribution in [3.63, 3.8) is 0 Å². The molecule has 1 amide bonds. The van der Waals surface area contributed by atoms with Gasteiger partial charge in [0.15, 0.2) is 0 Å². The first-order chi connectivity index (χ1) is 8.47. The second-order valence-corrected chi connectivity index (χ2v) is 4.50. The largest absolute Gasteiger partial charge is 0.389 e. The highest BCUT2D eigenvalue weighted by Gasteiger charge is 2.16. The minimum absolute atomic E-state index is 0.166. The van der Waals surface area contributed by atoms with Crippen molar-refractivity contribution in [1.29, 1.82) is 0 Å². The first kappa shape index (κ1) is 14.7. The standard InChI is InChI=1S/C12H21N3O3/c1-8(2)15-9(3)11(6-14-15)12(17)13-5-10(16)7-18-4/h6,8,10,16H,5,7H2,1-4H3,(H,13,17). The zero-order chi connectivity index (χ0) is 13.7. The molecule has 0 aromatic carbocycles. The van der Waals surface area contributed by atoms with Crippen molar-refractivity contribution in [3.05, 3.63) is 17.5 Å². The predicted molar refractivity (Wildman–Crippen MR) is 67.6 cm³/mol. The highest BCUT2D eigenvalue weighted by Crippen LogP contribution is 2.12. The van der Waals surface area contributed by atoms with Crippen molar-refractivity contribution in [2.75, 3.05) is 20.3 Å². The topological polar surface area (TPSA) is 76.4 Å². The summed E-state index contributed by atoms with van der Waals surface area (Å²) in [7, 11) is 1.50. The molecule has 1 unspecified atom stereocenters. The number of rotatable bonds is 6. The van der Waals surface area contributed by atoms with Gasteiger partial charge in [0.2, 0.25) is 0 Å². The van der Waals surface area contributed by atoms with Gasteiger partial charge in [-0.3, -0.25) is 9.48 Å². The Morgan fingerprint density at radius 1 is 1.61 bits per heavy atom. The van der Waals surface area contributed by atoms with Crippen LogP contribution in [0.5, 0.6) is 0 Å². The summed E-state index contributed by atoms with van der Waals surface area (Å²) in [6.07, 6.45) is 0.854. The van der Waals surface area contributed by atoms with Gasteiger partial charge in [0.05, 0.1) is 24.5 Å². The Kier molecular flexibility index (Phi) is 5.30. The number of aliphatic hydroxyl groups is 1. The summed E-state index contributed by atoms with van der Waals surface area (Å²) < 4.78 is 6.58. The first-order valence-corrected chi connectivity index (χ1v) is 5.96. The minimum atomic E-state index is -0.695. The molecule has 0 spiro atoms. The molecule has 0 aliphatic carbocycles. The Labute approximate surface area is 107 Å². The highest BCUT2D eigenvalue weighted by molar-refractivity contribution is 5.95. The molecule has 0 aliphatic rings. The van der Waals surface area contributed by atoms with E-state index in [0.29, 0.717) is 5.56 Å². The summed E-state index contributed by atoms with van der Waals surface area (Å²) >= 11 is 0. The molecule has 18 heavy (non-hydrogen) atoms. The van der Waals surface area contributed by atoms with E-state index in [2.05, 4.69) is 10.4 Å². The molecule has 102 valence electrons. The molecule has 1 aromatic rings. The third-order valence-corrected chi connectivity index (χ3v) is 2.64. The number of amides is 1. The molecule has 1 aromatic heterocycles. The van der Waals surface area contributed by atoms with Gasteiger partial charge in [-0.1, -0.05) is 0 Å². The number of hydrogen-bond donors (Lipinski definition) is 2. The zero-order valence-corrected chi connectivity index (χ0v) is 11.3. The van der Waals surface area contributed by atoms with Crippen LogP contribution in [0.3, 0.4) is 0 Å². The Hall–Kier alpha value is -1.40. The number of carbonyl (C=O) groups excluding carboxylic acids is 1. The molecule has 0 radical (unpaired) electrons. The third kappa shape index (κ3) is 3.54. The van der Waals surface area contributed by atoms with Crippen molar-refractivity contribution in [1.82, 2.24) is 15.1 Å². The average molecular weight is 255 g/mol. The van der Waals surface area contributed by atoms with Crippen LogP contribution >= 0.6 is 0 Å². The molecule has 0 bridgehead atoms. The molecule has 6 nitrogen and oxygen atoms in total. The van der Waals surface area contributed by atoms with Gasteiger partial charge in [-0.15, -0.1) is 0 Å². The van der Waals surface area contributed by atoms with Crippen molar-refractivity contribution in [2.45, 2.75) is 32.9 Å². The molecule has 1 atom stereocenters. The number of aromatic nitrogens is 2. The summed E-state index contributed by atoms with van der Waals surface area (Å²) in [4.78, 5) is 11.9. The summed E-state index contributed by atoms with van der Waals surface area (Å²) in [5, 5.41) is 16.3. The van der Waals surface area contributed by atoms with Crippen LogP contribution < -0.4 is 5.32 Å². The van der Waals surface area contributed by atoms with E-state index in [1.54, 1.807) is 10.9 Å². The van der Waals surface area contributed by atoms with Crippen molar-refractivity contribution >= 4 is 5.91 Å². The van der Waals surface area contributed by atoms with E-state index < -0.39 is 6.10 Å². The quantitative estimate of drug-likeness (QED) is 0.776. The average Bonchev–Trinajstić information content (AvgIpc) is 2.68. The lowest BCUT2D eigenvalue weighted by Crippen LogP contribution is -2.34. The molecule has 0 saturated heterocycles. The van der Waals surface area contributed by atoms with E-state index in [1.165, 1.54) is 7.11 Å².